The summed E-state index contributed by atoms with van der Waals surface area (Å²) in [5.74, 6) is 0.558. The molecule has 6 rings (SSSR count). The van der Waals surface area contributed by atoms with Crippen LogP contribution in [0, 0.1) is 6.92 Å². The molecule has 3 amide bonds. The molecule has 5 aromatic rings. The van der Waals surface area contributed by atoms with Gasteiger partial charge in [-0.05, 0) is 73.0 Å². The molecule has 0 atom stereocenters. The van der Waals surface area contributed by atoms with Crippen molar-refractivity contribution in [2.75, 3.05) is 22.1 Å². The Hall–Kier alpha value is -5.37. The van der Waals surface area contributed by atoms with Crippen LogP contribution in [0.4, 0.5) is 34.5 Å². The predicted molar refractivity (Wildman–Crippen MR) is 163 cm³/mol. The van der Waals surface area contributed by atoms with Crippen molar-refractivity contribution in [3.05, 3.63) is 90.6 Å². The summed E-state index contributed by atoms with van der Waals surface area (Å²) in [6.07, 6.45) is 2.68. The standard InChI is InChI=1S/C31H24F3N7O3S/c1-18-13-20(10-11-35-18)24-9-6-21(31(32,33)34)14-25(24)40-28(43)39-22-15-36-29(37-16-22)44-23-7-4-19(5-8-23)26-17-38-30(45-26)41-12-2-3-27(41)42/h4-11,13-17H,2-3,12H2,1H3,(H2,39,40,43). The number of halogens is 3. The topological polar surface area (TPSA) is 122 Å². The summed E-state index contributed by atoms with van der Waals surface area (Å²) in [6.45, 7) is 2.44. The molecule has 1 saturated heterocycles. The van der Waals surface area contributed by atoms with Gasteiger partial charge >= 0.3 is 18.2 Å². The van der Waals surface area contributed by atoms with Crippen molar-refractivity contribution in [3.8, 4) is 33.3 Å². The van der Waals surface area contributed by atoms with Gasteiger partial charge in [-0.3, -0.25) is 14.7 Å². The number of nitrogens with one attached hydrogen (secondary N) is 2. The highest BCUT2D eigenvalue weighted by atomic mass is 32.1. The summed E-state index contributed by atoms with van der Waals surface area (Å²) in [4.78, 5) is 44.1. The van der Waals surface area contributed by atoms with Gasteiger partial charge in [0.15, 0.2) is 5.13 Å². The van der Waals surface area contributed by atoms with Crippen molar-refractivity contribution >= 4 is 39.8 Å². The average molecular weight is 632 g/mol. The maximum atomic E-state index is 13.4. The minimum atomic E-state index is -4.59. The molecule has 10 nitrogen and oxygen atoms in total. The lowest BCUT2D eigenvalue weighted by Crippen LogP contribution is -2.23. The third kappa shape index (κ3) is 6.91. The number of urea groups is 1. The minimum Gasteiger partial charge on any atom is -0.424 e. The molecule has 0 aliphatic carbocycles. The van der Waals surface area contributed by atoms with Gasteiger partial charge in [0.05, 0.1) is 34.2 Å². The van der Waals surface area contributed by atoms with Crippen molar-refractivity contribution in [2.24, 2.45) is 0 Å². The van der Waals surface area contributed by atoms with Gasteiger partial charge in [0, 0.05) is 36.6 Å². The number of amides is 3. The first kappa shape index (κ1) is 29.7. The number of nitrogens with zero attached hydrogens (tertiary/aromatic N) is 5. The molecule has 45 heavy (non-hydrogen) atoms. The van der Waals surface area contributed by atoms with Gasteiger partial charge in [-0.2, -0.15) is 13.2 Å². The fourth-order valence-corrected chi connectivity index (χ4v) is 5.64. The molecule has 0 bridgehead atoms. The second-order valence-corrected chi connectivity index (χ2v) is 11.1. The molecule has 3 aromatic heterocycles. The first-order valence-corrected chi connectivity index (χ1v) is 14.5. The van der Waals surface area contributed by atoms with Crippen molar-refractivity contribution in [1.82, 2.24) is 19.9 Å². The predicted octanol–water partition coefficient (Wildman–Crippen LogP) is 7.55. The number of anilines is 3. The minimum absolute atomic E-state index is 0.0227. The fraction of sp³-hybridized carbons (Fsp3) is 0.161. The monoisotopic (exact) mass is 631 g/mol. The normalized spacial score (nSPS) is 13.2. The number of hydrogen-bond donors (Lipinski definition) is 2. The maximum Gasteiger partial charge on any atom is 0.416 e. The molecule has 0 unspecified atom stereocenters. The quantitative estimate of drug-likeness (QED) is 0.190. The maximum absolute atomic E-state index is 13.4. The molecular weight excluding hydrogens is 607 g/mol. The van der Waals surface area contributed by atoms with Gasteiger partial charge in [-0.1, -0.05) is 17.4 Å². The Morgan fingerprint density at radius 1 is 0.933 bits per heavy atom. The second kappa shape index (κ2) is 12.3. The lowest BCUT2D eigenvalue weighted by molar-refractivity contribution is -0.137. The Morgan fingerprint density at radius 3 is 2.40 bits per heavy atom. The van der Waals surface area contributed by atoms with Crippen LogP contribution in [0.1, 0.15) is 24.1 Å². The molecule has 1 aliphatic heterocycles. The summed E-state index contributed by atoms with van der Waals surface area (Å²) in [6, 6.07) is 12.9. The van der Waals surface area contributed by atoms with E-state index in [1.165, 1.54) is 36.0 Å². The first-order chi connectivity index (χ1) is 21.6. The van der Waals surface area contributed by atoms with Crippen LogP contribution < -0.4 is 20.3 Å². The lowest BCUT2D eigenvalue weighted by atomic mass is 10.0. The Balaban J connectivity index is 1.10. The average Bonchev–Trinajstić information content (AvgIpc) is 3.67. The number of carbonyl (C=O) groups excluding carboxylic acids is 2. The van der Waals surface area contributed by atoms with E-state index in [1.54, 1.807) is 42.3 Å². The van der Waals surface area contributed by atoms with E-state index >= 15 is 0 Å². The summed E-state index contributed by atoms with van der Waals surface area (Å²) < 4.78 is 46.0. The molecule has 0 radical (unpaired) electrons. The Labute approximate surface area is 259 Å². The van der Waals surface area contributed by atoms with Crippen molar-refractivity contribution in [3.63, 3.8) is 0 Å². The van der Waals surface area contributed by atoms with E-state index < -0.39 is 17.8 Å². The number of rotatable bonds is 7. The molecule has 1 fully saturated rings. The van der Waals surface area contributed by atoms with Gasteiger partial charge in [0.1, 0.15) is 5.75 Å². The van der Waals surface area contributed by atoms with Crippen LogP contribution in [0.2, 0.25) is 0 Å². The van der Waals surface area contributed by atoms with Crippen LogP contribution >= 0.6 is 11.3 Å². The molecule has 1 aliphatic rings. The Morgan fingerprint density at radius 2 is 1.71 bits per heavy atom. The zero-order valence-electron chi connectivity index (χ0n) is 23.6. The van der Waals surface area contributed by atoms with Gasteiger partial charge in [-0.25, -0.2) is 19.7 Å². The molecular formula is C31H24F3N7O3S. The van der Waals surface area contributed by atoms with E-state index in [2.05, 4.69) is 30.6 Å². The summed E-state index contributed by atoms with van der Waals surface area (Å²) in [7, 11) is 0. The third-order valence-electron chi connectivity index (χ3n) is 6.83. The van der Waals surface area contributed by atoms with Crippen molar-refractivity contribution < 1.29 is 27.5 Å². The zero-order chi connectivity index (χ0) is 31.6. The molecule has 0 spiro atoms. The van der Waals surface area contributed by atoms with E-state index in [1.807, 2.05) is 12.1 Å². The fourth-order valence-electron chi connectivity index (χ4n) is 4.67. The molecule has 2 N–H and O–H groups in total. The largest absolute Gasteiger partial charge is 0.424 e. The second-order valence-electron chi connectivity index (χ2n) is 10.1. The molecule has 228 valence electrons. The number of ether oxygens (including phenoxy) is 1. The lowest BCUT2D eigenvalue weighted by Gasteiger charge is -2.15. The number of pyridine rings is 1. The summed E-state index contributed by atoms with van der Waals surface area (Å²) in [5, 5.41) is 5.71. The number of hydrogen-bond acceptors (Lipinski definition) is 8. The van der Waals surface area contributed by atoms with E-state index in [0.29, 0.717) is 40.7 Å². The van der Waals surface area contributed by atoms with Gasteiger partial charge in [-0.15, -0.1) is 0 Å². The Kier molecular flexibility index (Phi) is 8.13. The van der Waals surface area contributed by atoms with E-state index in [9.17, 15) is 22.8 Å². The number of aryl methyl sites for hydroxylation is 1. The number of alkyl halides is 3. The van der Waals surface area contributed by atoms with Gasteiger partial charge in [0.2, 0.25) is 5.91 Å². The molecule has 14 heteroatoms. The molecule has 2 aromatic carbocycles. The number of thiazole rings is 1. The van der Waals surface area contributed by atoms with Crippen LogP contribution in [0.3, 0.4) is 0 Å². The highest BCUT2D eigenvalue weighted by Gasteiger charge is 2.31. The van der Waals surface area contributed by atoms with Crippen LogP contribution in [-0.4, -0.2) is 38.4 Å². The van der Waals surface area contributed by atoms with Crippen LogP contribution in [0.5, 0.6) is 11.8 Å². The highest BCUT2D eigenvalue weighted by Crippen LogP contribution is 2.37. The summed E-state index contributed by atoms with van der Waals surface area (Å²) >= 11 is 1.44. The molecule has 0 saturated carbocycles. The number of benzene rings is 2. The molecule has 4 heterocycles. The van der Waals surface area contributed by atoms with E-state index in [0.717, 1.165) is 29.0 Å². The summed E-state index contributed by atoms with van der Waals surface area (Å²) in [5.41, 5.74) is 1.83. The van der Waals surface area contributed by atoms with E-state index in [4.69, 9.17) is 4.74 Å². The van der Waals surface area contributed by atoms with Gasteiger partial charge in [0.25, 0.3) is 0 Å². The first-order valence-electron chi connectivity index (χ1n) is 13.7. The van der Waals surface area contributed by atoms with Crippen LogP contribution in [-0.2, 0) is 11.0 Å². The highest BCUT2D eigenvalue weighted by molar-refractivity contribution is 7.19. The zero-order valence-corrected chi connectivity index (χ0v) is 24.4. The number of aromatic nitrogens is 4. The van der Waals surface area contributed by atoms with Crippen molar-refractivity contribution in [2.45, 2.75) is 25.9 Å². The smallest absolute Gasteiger partial charge is 0.416 e. The van der Waals surface area contributed by atoms with Crippen LogP contribution in [0.25, 0.3) is 21.6 Å². The Bertz CT molecular complexity index is 1860. The van der Waals surface area contributed by atoms with E-state index in [-0.39, 0.29) is 23.3 Å². The van der Waals surface area contributed by atoms with Crippen LogP contribution in [0.15, 0.2) is 79.4 Å². The third-order valence-corrected chi connectivity index (χ3v) is 7.90. The van der Waals surface area contributed by atoms with Crippen molar-refractivity contribution in [1.29, 1.82) is 0 Å². The number of carbonyl (C=O) groups is 2. The van der Waals surface area contributed by atoms with Gasteiger partial charge < -0.3 is 15.4 Å². The SMILES string of the molecule is Cc1cc(-c2ccc(C(F)(F)F)cc2NC(=O)Nc2cnc(Oc3ccc(-c4cnc(N5CCCC5=O)s4)cc3)nc2)ccn1.